The molecule has 18 heavy (non-hydrogen) atoms. The zero-order valence-electron chi connectivity index (χ0n) is 9.69. The van der Waals surface area contributed by atoms with Crippen LogP contribution in [0.5, 0.6) is 0 Å². The van der Waals surface area contributed by atoms with Crippen LogP contribution in [0.1, 0.15) is 16.1 Å². The Bertz CT molecular complexity index is 578. The van der Waals surface area contributed by atoms with E-state index in [4.69, 9.17) is 27.9 Å². The minimum absolute atomic E-state index is 0.168. The predicted octanol–water partition coefficient (Wildman–Crippen LogP) is 3.69. The molecule has 3 nitrogen and oxygen atoms in total. The van der Waals surface area contributed by atoms with Crippen LogP contribution >= 0.6 is 23.2 Å². The highest BCUT2D eigenvalue weighted by molar-refractivity contribution is 6.42. The fraction of sp³-hybridized carbons (Fsp3) is 0.154. The standard InChI is InChI=1S/C13H11Cl2NO2/c1-16-6-2-3-12(16)13(17)18-8-9-4-5-10(14)11(15)7-9/h2-7H,8H2,1H3. The minimum Gasteiger partial charge on any atom is -0.456 e. The van der Waals surface area contributed by atoms with Gasteiger partial charge in [-0.05, 0) is 29.8 Å². The average molecular weight is 284 g/mol. The quantitative estimate of drug-likeness (QED) is 0.805. The summed E-state index contributed by atoms with van der Waals surface area (Å²) in [5, 5.41) is 0.929. The van der Waals surface area contributed by atoms with Crippen LogP contribution in [0, 0.1) is 0 Å². The van der Waals surface area contributed by atoms with E-state index in [1.165, 1.54) is 0 Å². The van der Waals surface area contributed by atoms with Crippen LogP contribution < -0.4 is 0 Å². The lowest BCUT2D eigenvalue weighted by Gasteiger charge is -2.06. The second kappa shape index (κ2) is 5.46. The van der Waals surface area contributed by atoms with Crippen molar-refractivity contribution < 1.29 is 9.53 Å². The first-order valence-electron chi connectivity index (χ1n) is 5.30. The predicted molar refractivity (Wildman–Crippen MR) is 71.0 cm³/mol. The molecule has 0 amide bonds. The smallest absolute Gasteiger partial charge is 0.355 e. The first-order chi connectivity index (χ1) is 8.58. The molecule has 0 atom stereocenters. The van der Waals surface area contributed by atoms with E-state index in [1.807, 2.05) is 0 Å². The zero-order valence-corrected chi connectivity index (χ0v) is 11.2. The molecular formula is C13H11Cl2NO2. The van der Waals surface area contributed by atoms with Crippen LogP contribution in [0.25, 0.3) is 0 Å². The number of halogens is 2. The Hall–Kier alpha value is -1.45. The van der Waals surface area contributed by atoms with Crippen molar-refractivity contribution in [1.82, 2.24) is 4.57 Å². The lowest BCUT2D eigenvalue weighted by atomic mass is 10.2. The number of esters is 1. The Balaban J connectivity index is 2.02. The third-order valence-corrected chi connectivity index (χ3v) is 3.25. The van der Waals surface area contributed by atoms with Crippen LogP contribution in [0.2, 0.25) is 10.0 Å². The highest BCUT2D eigenvalue weighted by Gasteiger charge is 2.10. The summed E-state index contributed by atoms with van der Waals surface area (Å²) in [7, 11) is 1.79. The van der Waals surface area contributed by atoms with E-state index in [0.29, 0.717) is 15.7 Å². The summed E-state index contributed by atoms with van der Waals surface area (Å²) in [6.07, 6.45) is 1.79. The van der Waals surface area contributed by atoms with Gasteiger partial charge in [-0.2, -0.15) is 0 Å². The second-order valence-corrected chi connectivity index (χ2v) is 4.64. The van der Waals surface area contributed by atoms with Gasteiger partial charge in [0.15, 0.2) is 0 Å². The largest absolute Gasteiger partial charge is 0.456 e. The molecule has 0 radical (unpaired) electrons. The lowest BCUT2D eigenvalue weighted by Crippen LogP contribution is -2.09. The van der Waals surface area contributed by atoms with E-state index < -0.39 is 0 Å². The molecule has 0 aliphatic heterocycles. The number of benzene rings is 1. The number of nitrogens with zero attached hydrogens (tertiary/aromatic N) is 1. The minimum atomic E-state index is -0.367. The number of carbonyl (C=O) groups is 1. The second-order valence-electron chi connectivity index (χ2n) is 3.83. The maximum Gasteiger partial charge on any atom is 0.355 e. The van der Waals surface area contributed by atoms with E-state index in [-0.39, 0.29) is 12.6 Å². The summed E-state index contributed by atoms with van der Waals surface area (Å²) >= 11 is 11.7. The van der Waals surface area contributed by atoms with Crippen molar-refractivity contribution in [3.8, 4) is 0 Å². The zero-order chi connectivity index (χ0) is 13.1. The van der Waals surface area contributed by atoms with E-state index in [1.54, 1.807) is 48.1 Å². The van der Waals surface area contributed by atoms with Gasteiger partial charge >= 0.3 is 5.97 Å². The maximum absolute atomic E-state index is 11.7. The third kappa shape index (κ3) is 2.86. The molecule has 2 aromatic rings. The van der Waals surface area contributed by atoms with E-state index in [9.17, 15) is 4.79 Å². The molecular weight excluding hydrogens is 273 g/mol. The van der Waals surface area contributed by atoms with Crippen LogP contribution in [0.4, 0.5) is 0 Å². The van der Waals surface area contributed by atoms with Gasteiger partial charge in [-0.1, -0.05) is 29.3 Å². The van der Waals surface area contributed by atoms with Crippen molar-refractivity contribution in [2.45, 2.75) is 6.61 Å². The fourth-order valence-electron chi connectivity index (χ4n) is 1.53. The van der Waals surface area contributed by atoms with Gasteiger partial charge in [-0.25, -0.2) is 4.79 Å². The van der Waals surface area contributed by atoms with Crippen LogP contribution in [-0.2, 0) is 18.4 Å². The summed E-state index contributed by atoms with van der Waals surface area (Å²) in [6.45, 7) is 0.168. The number of hydrogen-bond acceptors (Lipinski definition) is 2. The van der Waals surface area contributed by atoms with Crippen LogP contribution in [-0.4, -0.2) is 10.5 Å². The maximum atomic E-state index is 11.7. The molecule has 1 aromatic heterocycles. The van der Waals surface area contributed by atoms with Crippen molar-refractivity contribution in [1.29, 1.82) is 0 Å². The number of hydrogen-bond donors (Lipinski definition) is 0. The number of ether oxygens (including phenoxy) is 1. The molecule has 0 fully saturated rings. The van der Waals surface area contributed by atoms with Gasteiger partial charge in [0.05, 0.1) is 10.0 Å². The summed E-state index contributed by atoms with van der Waals surface area (Å²) in [6, 6.07) is 8.62. The van der Waals surface area contributed by atoms with E-state index in [2.05, 4.69) is 0 Å². The molecule has 1 aromatic carbocycles. The van der Waals surface area contributed by atoms with Gasteiger partial charge < -0.3 is 9.30 Å². The van der Waals surface area contributed by atoms with Crippen molar-refractivity contribution >= 4 is 29.2 Å². The fourth-order valence-corrected chi connectivity index (χ4v) is 1.85. The first-order valence-corrected chi connectivity index (χ1v) is 6.06. The number of aromatic nitrogens is 1. The van der Waals surface area contributed by atoms with Gasteiger partial charge in [0.1, 0.15) is 12.3 Å². The van der Waals surface area contributed by atoms with Crippen molar-refractivity contribution in [3.63, 3.8) is 0 Å². The first kappa shape index (κ1) is 13.0. The highest BCUT2D eigenvalue weighted by atomic mass is 35.5. The van der Waals surface area contributed by atoms with Crippen LogP contribution in [0.3, 0.4) is 0 Å². The normalized spacial score (nSPS) is 10.4. The van der Waals surface area contributed by atoms with Crippen molar-refractivity contribution in [2.24, 2.45) is 7.05 Å². The lowest BCUT2D eigenvalue weighted by molar-refractivity contribution is 0.0461. The topological polar surface area (TPSA) is 31.2 Å². The van der Waals surface area contributed by atoms with Gasteiger partial charge in [0.25, 0.3) is 0 Å². The summed E-state index contributed by atoms with van der Waals surface area (Å²) in [5.41, 5.74) is 1.31. The Labute approximate surface area is 115 Å². The summed E-state index contributed by atoms with van der Waals surface area (Å²) in [5.74, 6) is -0.367. The molecule has 2 rings (SSSR count). The summed E-state index contributed by atoms with van der Waals surface area (Å²) in [4.78, 5) is 11.7. The molecule has 0 N–H and O–H groups in total. The molecule has 0 bridgehead atoms. The molecule has 0 unspecified atom stereocenters. The van der Waals surface area contributed by atoms with Crippen molar-refractivity contribution in [2.75, 3.05) is 0 Å². The Morgan fingerprint density at radius 3 is 2.67 bits per heavy atom. The van der Waals surface area contributed by atoms with Crippen LogP contribution in [0.15, 0.2) is 36.5 Å². The SMILES string of the molecule is Cn1cccc1C(=O)OCc1ccc(Cl)c(Cl)c1. The molecule has 0 saturated heterocycles. The van der Waals surface area contributed by atoms with Crippen molar-refractivity contribution in [3.05, 3.63) is 57.8 Å². The molecule has 0 aliphatic carbocycles. The molecule has 5 heteroatoms. The van der Waals surface area contributed by atoms with E-state index >= 15 is 0 Å². The molecule has 94 valence electrons. The Morgan fingerprint density at radius 2 is 2.06 bits per heavy atom. The van der Waals surface area contributed by atoms with E-state index in [0.717, 1.165) is 5.56 Å². The highest BCUT2D eigenvalue weighted by Crippen LogP contribution is 2.23. The Kier molecular flexibility index (Phi) is 3.94. The molecule has 0 aliphatic rings. The molecule has 0 spiro atoms. The number of aryl methyl sites for hydroxylation is 1. The van der Waals surface area contributed by atoms with Gasteiger partial charge in [-0.15, -0.1) is 0 Å². The average Bonchev–Trinajstić information content (AvgIpc) is 2.77. The van der Waals surface area contributed by atoms with Gasteiger partial charge in [0.2, 0.25) is 0 Å². The number of carbonyl (C=O) groups excluding carboxylic acids is 1. The van der Waals surface area contributed by atoms with Gasteiger partial charge in [0, 0.05) is 13.2 Å². The Morgan fingerprint density at radius 1 is 1.28 bits per heavy atom. The summed E-state index contributed by atoms with van der Waals surface area (Å²) < 4.78 is 6.89. The number of rotatable bonds is 3. The molecule has 1 heterocycles. The molecule has 0 saturated carbocycles. The van der Waals surface area contributed by atoms with Gasteiger partial charge in [-0.3, -0.25) is 0 Å². The monoisotopic (exact) mass is 283 g/mol. The third-order valence-electron chi connectivity index (χ3n) is 2.51.